The van der Waals surface area contributed by atoms with E-state index in [0.717, 1.165) is 24.1 Å². The number of hydrogen-bond acceptors (Lipinski definition) is 4. The van der Waals surface area contributed by atoms with Crippen molar-refractivity contribution in [2.45, 2.75) is 19.1 Å². The fourth-order valence-electron chi connectivity index (χ4n) is 4.08. The third-order valence-corrected chi connectivity index (χ3v) is 5.63. The first-order valence-corrected chi connectivity index (χ1v) is 10.5. The summed E-state index contributed by atoms with van der Waals surface area (Å²) in [6.07, 6.45) is 2.07. The highest BCUT2D eigenvalue weighted by Crippen LogP contribution is 2.30. The van der Waals surface area contributed by atoms with Crippen LogP contribution in [-0.2, 0) is 13.0 Å². The minimum absolute atomic E-state index is 0.175. The molecule has 0 unspecified atom stereocenters. The van der Waals surface area contributed by atoms with Gasteiger partial charge in [-0.1, -0.05) is 78.9 Å². The summed E-state index contributed by atoms with van der Waals surface area (Å²) in [6.45, 7) is 1.48. The van der Waals surface area contributed by atoms with Gasteiger partial charge < -0.3 is 14.1 Å². The lowest BCUT2D eigenvalue weighted by Gasteiger charge is -2.20. The lowest BCUT2D eigenvalue weighted by Crippen LogP contribution is -2.21. The summed E-state index contributed by atoms with van der Waals surface area (Å²) < 4.78 is 12.0. The van der Waals surface area contributed by atoms with Crippen molar-refractivity contribution in [3.05, 3.63) is 130 Å². The van der Waals surface area contributed by atoms with Gasteiger partial charge in [0.1, 0.15) is 18.1 Å². The van der Waals surface area contributed by atoms with Crippen LogP contribution in [0.1, 0.15) is 28.6 Å². The number of nitrogens with zero attached hydrogens (tertiary/aromatic N) is 1. The molecular weight excluding hydrogens is 386 g/mol. The van der Waals surface area contributed by atoms with Gasteiger partial charge in [0.25, 0.3) is 0 Å². The Kier molecular flexibility index (Phi) is 5.28. The Hall–Kier alpha value is -3.79. The summed E-state index contributed by atoms with van der Waals surface area (Å²) in [5.74, 6) is 0.841. The van der Waals surface area contributed by atoms with Gasteiger partial charge in [0.2, 0.25) is 11.2 Å². The number of fused-ring (bicyclic) bond motifs is 1. The molecule has 4 nitrogen and oxygen atoms in total. The number of hydrogen-bond donors (Lipinski definition) is 0. The quantitative estimate of drug-likeness (QED) is 0.429. The lowest BCUT2D eigenvalue weighted by molar-refractivity contribution is 0.236. The highest BCUT2D eigenvalue weighted by molar-refractivity contribution is 5.57. The zero-order chi connectivity index (χ0) is 21.0. The Balaban J connectivity index is 1.39. The van der Waals surface area contributed by atoms with Gasteiger partial charge in [-0.25, -0.2) is 0 Å². The molecule has 0 amide bonds. The minimum Gasteiger partial charge on any atom is -0.474 e. The number of benzene rings is 3. The average molecular weight is 409 g/mol. The van der Waals surface area contributed by atoms with E-state index in [1.54, 1.807) is 6.07 Å². The van der Waals surface area contributed by atoms with Crippen molar-refractivity contribution in [1.82, 2.24) is 0 Å². The van der Waals surface area contributed by atoms with E-state index in [2.05, 4.69) is 23.1 Å². The molecule has 0 saturated heterocycles. The van der Waals surface area contributed by atoms with E-state index >= 15 is 0 Å². The first-order chi connectivity index (χ1) is 15.3. The third kappa shape index (κ3) is 4.10. The smallest absolute Gasteiger partial charge is 0.227 e. The summed E-state index contributed by atoms with van der Waals surface area (Å²) in [6, 6.07) is 29.7. The molecule has 3 aromatic carbocycles. The van der Waals surface area contributed by atoms with E-state index < -0.39 is 0 Å². The van der Waals surface area contributed by atoms with Crippen LogP contribution in [0.3, 0.4) is 0 Å². The molecule has 1 aliphatic heterocycles. The second-order valence-corrected chi connectivity index (χ2v) is 7.69. The SMILES string of the molecule is O=c1cc(CN2CCc3ccccc32)occ1OC(c1ccccc1)c1ccccc1. The molecular formula is C27H23NO3. The predicted molar refractivity (Wildman–Crippen MR) is 122 cm³/mol. The molecule has 0 spiro atoms. The van der Waals surface area contributed by atoms with Crippen molar-refractivity contribution >= 4 is 5.69 Å². The molecule has 154 valence electrons. The van der Waals surface area contributed by atoms with Gasteiger partial charge >= 0.3 is 0 Å². The monoisotopic (exact) mass is 409 g/mol. The van der Waals surface area contributed by atoms with Crippen LogP contribution in [0.4, 0.5) is 5.69 Å². The van der Waals surface area contributed by atoms with E-state index in [1.807, 2.05) is 66.7 Å². The Morgan fingerprint density at radius 2 is 1.52 bits per heavy atom. The van der Waals surface area contributed by atoms with Gasteiger partial charge in [0.15, 0.2) is 0 Å². The van der Waals surface area contributed by atoms with E-state index in [9.17, 15) is 4.79 Å². The van der Waals surface area contributed by atoms with E-state index in [-0.39, 0.29) is 17.3 Å². The maximum absolute atomic E-state index is 12.9. The third-order valence-electron chi connectivity index (χ3n) is 5.63. The molecule has 1 aromatic heterocycles. The average Bonchev–Trinajstić information content (AvgIpc) is 3.22. The van der Waals surface area contributed by atoms with Gasteiger partial charge in [-0.2, -0.15) is 0 Å². The molecule has 0 radical (unpaired) electrons. The number of para-hydroxylation sites is 1. The molecule has 0 atom stereocenters. The molecule has 31 heavy (non-hydrogen) atoms. The fourth-order valence-corrected chi connectivity index (χ4v) is 4.08. The number of anilines is 1. The van der Waals surface area contributed by atoms with Crippen molar-refractivity contribution in [2.24, 2.45) is 0 Å². The molecule has 0 fully saturated rings. The molecule has 0 aliphatic carbocycles. The second kappa shape index (κ2) is 8.52. The topological polar surface area (TPSA) is 42.7 Å². The second-order valence-electron chi connectivity index (χ2n) is 7.69. The van der Waals surface area contributed by atoms with Crippen molar-refractivity contribution in [1.29, 1.82) is 0 Å². The Morgan fingerprint density at radius 3 is 2.19 bits per heavy atom. The van der Waals surface area contributed by atoms with Gasteiger partial charge in [-0.3, -0.25) is 4.79 Å². The van der Waals surface area contributed by atoms with Crippen LogP contribution in [0.25, 0.3) is 0 Å². The molecule has 1 aliphatic rings. The van der Waals surface area contributed by atoms with E-state index in [4.69, 9.17) is 9.15 Å². The van der Waals surface area contributed by atoms with Gasteiger partial charge in [0, 0.05) is 18.3 Å². The summed E-state index contributed by atoms with van der Waals surface area (Å²) in [4.78, 5) is 15.1. The normalized spacial score (nSPS) is 12.7. The summed E-state index contributed by atoms with van der Waals surface area (Å²) in [7, 11) is 0. The highest BCUT2D eigenvalue weighted by atomic mass is 16.5. The Labute approximate surface area is 181 Å². The molecule has 0 N–H and O–H groups in total. The van der Waals surface area contributed by atoms with Crippen LogP contribution in [0.15, 0.2) is 106 Å². The molecule has 0 bridgehead atoms. The van der Waals surface area contributed by atoms with Crippen molar-refractivity contribution in [2.75, 3.05) is 11.4 Å². The molecule has 2 heterocycles. The van der Waals surface area contributed by atoms with Crippen LogP contribution in [0.5, 0.6) is 5.75 Å². The van der Waals surface area contributed by atoms with Crippen LogP contribution < -0.4 is 15.1 Å². The fraction of sp³-hybridized carbons (Fsp3) is 0.148. The van der Waals surface area contributed by atoms with Gasteiger partial charge in [0.05, 0.1) is 6.54 Å². The molecule has 4 heteroatoms. The molecule has 4 aromatic rings. The van der Waals surface area contributed by atoms with Crippen LogP contribution in [0, 0.1) is 0 Å². The summed E-state index contributed by atoms with van der Waals surface area (Å²) >= 11 is 0. The van der Waals surface area contributed by atoms with Gasteiger partial charge in [-0.15, -0.1) is 0 Å². The van der Waals surface area contributed by atoms with E-state index in [0.29, 0.717) is 12.3 Å². The largest absolute Gasteiger partial charge is 0.474 e. The lowest BCUT2D eigenvalue weighted by atomic mass is 10.0. The van der Waals surface area contributed by atoms with Crippen molar-refractivity contribution in [3.63, 3.8) is 0 Å². The van der Waals surface area contributed by atoms with Crippen LogP contribution in [-0.4, -0.2) is 6.54 Å². The predicted octanol–water partition coefficient (Wildman–Crippen LogP) is 5.37. The zero-order valence-corrected chi connectivity index (χ0v) is 17.1. The summed E-state index contributed by atoms with van der Waals surface area (Å²) in [5, 5.41) is 0. The Bertz CT molecular complexity index is 1180. The van der Waals surface area contributed by atoms with Gasteiger partial charge in [-0.05, 0) is 29.2 Å². The zero-order valence-electron chi connectivity index (χ0n) is 17.1. The molecule has 5 rings (SSSR count). The maximum atomic E-state index is 12.9. The standard InChI is InChI=1S/C27H23NO3/c29-25-17-23(18-28-16-15-20-9-7-8-14-24(20)28)30-19-26(25)31-27(21-10-3-1-4-11-21)22-12-5-2-6-13-22/h1-14,17,19,27H,15-16,18H2. The number of ether oxygens (including phenoxy) is 1. The van der Waals surface area contributed by atoms with E-state index in [1.165, 1.54) is 17.5 Å². The summed E-state index contributed by atoms with van der Waals surface area (Å²) in [5.41, 5.74) is 4.32. The maximum Gasteiger partial charge on any atom is 0.227 e. The van der Waals surface area contributed by atoms with Crippen molar-refractivity contribution < 1.29 is 9.15 Å². The Morgan fingerprint density at radius 1 is 0.871 bits per heavy atom. The molecule has 0 saturated carbocycles. The van der Waals surface area contributed by atoms with Crippen LogP contribution >= 0.6 is 0 Å². The first-order valence-electron chi connectivity index (χ1n) is 10.5. The van der Waals surface area contributed by atoms with Crippen LogP contribution in [0.2, 0.25) is 0 Å². The first kappa shape index (κ1) is 19.2. The highest BCUT2D eigenvalue weighted by Gasteiger charge is 2.21. The number of rotatable bonds is 6. The van der Waals surface area contributed by atoms with Crippen molar-refractivity contribution in [3.8, 4) is 5.75 Å². The minimum atomic E-state index is -0.387.